The molecular formula is C17H15ClN4O4. The Morgan fingerprint density at radius 1 is 1.38 bits per heavy atom. The number of halogens is 1. The fraction of sp³-hybridized carbons (Fsp3) is 0.176. The predicted octanol–water partition coefficient (Wildman–Crippen LogP) is 3.72. The maximum Gasteiger partial charge on any atom is 0.274 e. The normalized spacial score (nSPS) is 10.7. The number of imidazole rings is 1. The largest absolute Gasteiger partial charge is 0.495 e. The molecule has 2 heterocycles. The van der Waals surface area contributed by atoms with Crippen LogP contribution in [0.3, 0.4) is 0 Å². The van der Waals surface area contributed by atoms with E-state index in [1.165, 1.54) is 25.3 Å². The van der Waals surface area contributed by atoms with Crippen molar-refractivity contribution in [3.05, 3.63) is 63.1 Å². The van der Waals surface area contributed by atoms with Crippen molar-refractivity contribution < 1.29 is 14.5 Å². The number of hydrogen-bond donors (Lipinski definition) is 1. The SMILES string of the molecule is CCc1nc2ccc(Cl)cn2c1C(=O)Nc1cc([N+](=O)[O-])ccc1OC. The van der Waals surface area contributed by atoms with E-state index in [1.807, 2.05) is 6.92 Å². The Morgan fingerprint density at radius 2 is 2.15 bits per heavy atom. The minimum atomic E-state index is -0.541. The van der Waals surface area contributed by atoms with E-state index in [1.54, 1.807) is 22.7 Å². The number of aryl methyl sites for hydroxylation is 1. The first kappa shape index (κ1) is 17.7. The third-order valence-electron chi connectivity index (χ3n) is 3.85. The minimum absolute atomic E-state index is 0.155. The van der Waals surface area contributed by atoms with Gasteiger partial charge in [-0.05, 0) is 24.6 Å². The number of hydrogen-bond acceptors (Lipinski definition) is 5. The smallest absolute Gasteiger partial charge is 0.274 e. The van der Waals surface area contributed by atoms with Crippen molar-refractivity contribution in [2.75, 3.05) is 12.4 Å². The van der Waals surface area contributed by atoms with Crippen LogP contribution in [0.2, 0.25) is 5.02 Å². The van der Waals surface area contributed by atoms with Crippen molar-refractivity contribution in [3.63, 3.8) is 0 Å². The van der Waals surface area contributed by atoms with E-state index in [0.717, 1.165) is 0 Å². The summed E-state index contributed by atoms with van der Waals surface area (Å²) in [6.07, 6.45) is 2.14. The Morgan fingerprint density at radius 3 is 2.81 bits per heavy atom. The zero-order chi connectivity index (χ0) is 18.8. The molecule has 8 nitrogen and oxygen atoms in total. The number of non-ortho nitro benzene ring substituents is 1. The third-order valence-corrected chi connectivity index (χ3v) is 4.07. The first-order valence-electron chi connectivity index (χ1n) is 7.74. The molecule has 0 bridgehead atoms. The van der Waals surface area contributed by atoms with Gasteiger partial charge in [-0.25, -0.2) is 4.98 Å². The first-order valence-corrected chi connectivity index (χ1v) is 8.12. The number of nitrogens with zero attached hydrogens (tertiary/aromatic N) is 3. The predicted molar refractivity (Wildman–Crippen MR) is 97.2 cm³/mol. The van der Waals surface area contributed by atoms with E-state index in [-0.39, 0.29) is 11.4 Å². The summed E-state index contributed by atoms with van der Waals surface area (Å²) in [4.78, 5) is 27.8. The van der Waals surface area contributed by atoms with Crippen LogP contribution in [0.5, 0.6) is 5.75 Å². The van der Waals surface area contributed by atoms with Crippen LogP contribution >= 0.6 is 11.6 Å². The van der Waals surface area contributed by atoms with E-state index in [4.69, 9.17) is 16.3 Å². The van der Waals surface area contributed by atoms with Gasteiger partial charge >= 0.3 is 0 Å². The maximum atomic E-state index is 12.9. The monoisotopic (exact) mass is 374 g/mol. The van der Waals surface area contributed by atoms with Crippen LogP contribution in [-0.2, 0) is 6.42 Å². The lowest BCUT2D eigenvalue weighted by Crippen LogP contribution is -2.17. The van der Waals surface area contributed by atoms with E-state index in [9.17, 15) is 14.9 Å². The number of nitro benzene ring substituents is 1. The van der Waals surface area contributed by atoms with Crippen molar-refractivity contribution >= 4 is 34.5 Å². The lowest BCUT2D eigenvalue weighted by molar-refractivity contribution is -0.384. The number of aromatic nitrogens is 2. The van der Waals surface area contributed by atoms with Gasteiger partial charge in [0.1, 0.15) is 17.1 Å². The highest BCUT2D eigenvalue weighted by atomic mass is 35.5. The summed E-state index contributed by atoms with van der Waals surface area (Å²) in [5.41, 5.74) is 1.54. The van der Waals surface area contributed by atoms with Gasteiger partial charge in [-0.1, -0.05) is 18.5 Å². The van der Waals surface area contributed by atoms with Crippen LogP contribution in [0.15, 0.2) is 36.5 Å². The van der Waals surface area contributed by atoms with Gasteiger partial charge < -0.3 is 10.1 Å². The summed E-state index contributed by atoms with van der Waals surface area (Å²) in [5, 5.41) is 14.1. The summed E-state index contributed by atoms with van der Waals surface area (Å²) in [7, 11) is 1.42. The Labute approximate surface area is 153 Å². The highest BCUT2D eigenvalue weighted by molar-refractivity contribution is 6.30. The van der Waals surface area contributed by atoms with E-state index in [0.29, 0.717) is 34.2 Å². The molecule has 0 aliphatic carbocycles. The molecule has 1 aromatic carbocycles. The molecule has 1 N–H and O–H groups in total. The van der Waals surface area contributed by atoms with Crippen LogP contribution in [0, 0.1) is 10.1 Å². The number of amides is 1. The molecule has 0 spiro atoms. The number of carbonyl (C=O) groups is 1. The molecule has 3 rings (SSSR count). The molecule has 134 valence electrons. The molecular weight excluding hydrogens is 360 g/mol. The molecule has 0 radical (unpaired) electrons. The van der Waals surface area contributed by atoms with Gasteiger partial charge in [0.25, 0.3) is 11.6 Å². The maximum absolute atomic E-state index is 12.9. The van der Waals surface area contributed by atoms with Gasteiger partial charge in [0.2, 0.25) is 0 Å². The fourth-order valence-electron chi connectivity index (χ4n) is 2.64. The quantitative estimate of drug-likeness (QED) is 0.542. The number of ether oxygens (including phenoxy) is 1. The molecule has 0 atom stereocenters. The van der Waals surface area contributed by atoms with Crippen LogP contribution in [-0.4, -0.2) is 27.3 Å². The molecule has 2 aromatic heterocycles. The summed E-state index contributed by atoms with van der Waals surface area (Å²) in [6.45, 7) is 1.88. The molecule has 0 saturated carbocycles. The standard InChI is InChI=1S/C17H15ClN4O4/c1-3-12-16(21-9-10(18)4-7-15(21)19-12)17(23)20-13-8-11(22(24)25)5-6-14(13)26-2/h4-9H,3H2,1-2H3,(H,20,23). The number of nitro groups is 1. The van der Waals surface area contributed by atoms with Gasteiger partial charge in [0.05, 0.1) is 28.4 Å². The second-order valence-corrected chi connectivity index (χ2v) is 5.87. The molecule has 0 aliphatic heterocycles. The van der Waals surface area contributed by atoms with Crippen LogP contribution in [0.25, 0.3) is 5.65 Å². The number of fused-ring (bicyclic) bond motifs is 1. The van der Waals surface area contributed by atoms with Crippen molar-refractivity contribution in [2.45, 2.75) is 13.3 Å². The third kappa shape index (κ3) is 3.18. The van der Waals surface area contributed by atoms with Crippen molar-refractivity contribution in [3.8, 4) is 5.75 Å². The summed E-state index contributed by atoms with van der Waals surface area (Å²) in [5.74, 6) is -0.149. The van der Waals surface area contributed by atoms with Gasteiger partial charge in [-0.15, -0.1) is 0 Å². The lowest BCUT2D eigenvalue weighted by atomic mass is 10.2. The average Bonchev–Trinajstić information content (AvgIpc) is 2.99. The number of nitrogens with one attached hydrogen (secondary N) is 1. The molecule has 0 unspecified atom stereocenters. The highest BCUT2D eigenvalue weighted by Gasteiger charge is 2.21. The molecule has 0 saturated heterocycles. The van der Waals surface area contributed by atoms with E-state index in [2.05, 4.69) is 10.3 Å². The van der Waals surface area contributed by atoms with Crippen molar-refractivity contribution in [1.29, 1.82) is 0 Å². The molecule has 3 aromatic rings. The Balaban J connectivity index is 2.06. The highest BCUT2D eigenvalue weighted by Crippen LogP contribution is 2.29. The second kappa shape index (κ2) is 7.01. The van der Waals surface area contributed by atoms with Gasteiger partial charge in [0, 0.05) is 18.3 Å². The number of pyridine rings is 1. The molecule has 0 fully saturated rings. The summed E-state index contributed by atoms with van der Waals surface area (Å²) >= 11 is 6.04. The number of anilines is 1. The fourth-order valence-corrected chi connectivity index (χ4v) is 2.80. The van der Waals surface area contributed by atoms with Crippen LogP contribution in [0.1, 0.15) is 23.1 Å². The number of benzene rings is 1. The molecule has 0 aliphatic rings. The number of carbonyl (C=O) groups excluding carboxylic acids is 1. The second-order valence-electron chi connectivity index (χ2n) is 5.43. The van der Waals surface area contributed by atoms with Crippen molar-refractivity contribution in [1.82, 2.24) is 9.38 Å². The Kier molecular flexibility index (Phi) is 4.77. The minimum Gasteiger partial charge on any atom is -0.495 e. The van der Waals surface area contributed by atoms with Crippen LogP contribution in [0.4, 0.5) is 11.4 Å². The average molecular weight is 375 g/mol. The van der Waals surface area contributed by atoms with Crippen LogP contribution < -0.4 is 10.1 Å². The zero-order valence-electron chi connectivity index (χ0n) is 14.0. The van der Waals surface area contributed by atoms with E-state index >= 15 is 0 Å². The molecule has 1 amide bonds. The topological polar surface area (TPSA) is 98.8 Å². The Bertz CT molecular complexity index is 1020. The van der Waals surface area contributed by atoms with Gasteiger partial charge in [-0.3, -0.25) is 19.3 Å². The summed E-state index contributed by atoms with van der Waals surface area (Å²) in [6, 6.07) is 7.39. The Hall–Kier alpha value is -3.13. The molecule has 26 heavy (non-hydrogen) atoms. The van der Waals surface area contributed by atoms with Gasteiger partial charge in [-0.2, -0.15) is 0 Å². The zero-order valence-corrected chi connectivity index (χ0v) is 14.8. The molecule has 9 heteroatoms. The number of rotatable bonds is 5. The summed E-state index contributed by atoms with van der Waals surface area (Å²) < 4.78 is 6.78. The number of methoxy groups -OCH3 is 1. The first-order chi connectivity index (χ1) is 12.4. The van der Waals surface area contributed by atoms with Crippen molar-refractivity contribution in [2.24, 2.45) is 0 Å². The van der Waals surface area contributed by atoms with Gasteiger partial charge in [0.15, 0.2) is 0 Å². The lowest BCUT2D eigenvalue weighted by Gasteiger charge is -2.10. The van der Waals surface area contributed by atoms with E-state index < -0.39 is 10.8 Å².